The molecule has 1 rings (SSSR count). The molecule has 0 spiro atoms. The number of halogens is 1. The summed E-state index contributed by atoms with van der Waals surface area (Å²) in [7, 11) is 0. The van der Waals surface area contributed by atoms with Gasteiger partial charge in [-0.15, -0.1) is 0 Å². The molecule has 1 aromatic rings. The molecule has 4 heteroatoms. The normalized spacial score (nSPS) is 10.4. The quantitative estimate of drug-likeness (QED) is 0.664. The predicted octanol–water partition coefficient (Wildman–Crippen LogP) is 2.64. The summed E-state index contributed by atoms with van der Waals surface area (Å²) in [6, 6.07) is 1.73. The Morgan fingerprint density at radius 1 is 1.64 bits per heavy atom. The van der Waals surface area contributed by atoms with Crippen LogP contribution in [-0.4, -0.2) is 17.8 Å². The maximum Gasteiger partial charge on any atom is 0.153 e. The van der Waals surface area contributed by atoms with E-state index in [1.54, 1.807) is 12.3 Å². The average Bonchev–Trinajstić information content (AvgIpc) is 2.20. The maximum atomic E-state index is 10.7. The lowest BCUT2D eigenvalue weighted by atomic mass is 10.3. The third-order valence-corrected chi connectivity index (χ3v) is 2.07. The second-order valence-electron chi connectivity index (χ2n) is 2.66. The molecular formula is C10H11BrN2O. The molecule has 14 heavy (non-hydrogen) atoms. The van der Waals surface area contributed by atoms with Crippen LogP contribution in [0.25, 0.3) is 0 Å². The van der Waals surface area contributed by atoms with Crippen LogP contribution in [0.1, 0.15) is 17.3 Å². The van der Waals surface area contributed by atoms with Gasteiger partial charge in [-0.2, -0.15) is 0 Å². The van der Waals surface area contributed by atoms with E-state index in [4.69, 9.17) is 0 Å². The van der Waals surface area contributed by atoms with Crippen LogP contribution in [0, 0.1) is 0 Å². The highest BCUT2D eigenvalue weighted by Crippen LogP contribution is 2.15. The number of hydrogen-bond acceptors (Lipinski definition) is 3. The largest absolute Gasteiger partial charge is 0.366 e. The van der Waals surface area contributed by atoms with Gasteiger partial charge in [-0.1, -0.05) is 12.2 Å². The fraction of sp³-hybridized carbons (Fsp3) is 0.200. The zero-order valence-corrected chi connectivity index (χ0v) is 9.41. The Kier molecular flexibility index (Phi) is 4.32. The van der Waals surface area contributed by atoms with Gasteiger partial charge in [0.2, 0.25) is 0 Å². The Bertz CT molecular complexity index is 350. The minimum absolute atomic E-state index is 0.559. The van der Waals surface area contributed by atoms with Crippen LogP contribution in [-0.2, 0) is 0 Å². The summed E-state index contributed by atoms with van der Waals surface area (Å²) in [6.07, 6.45) is 6.34. The Morgan fingerprint density at radius 3 is 3.07 bits per heavy atom. The van der Waals surface area contributed by atoms with Gasteiger partial charge in [0.25, 0.3) is 0 Å². The highest BCUT2D eigenvalue weighted by atomic mass is 79.9. The number of carbonyl (C=O) groups is 1. The Hall–Kier alpha value is -1.16. The maximum absolute atomic E-state index is 10.7. The highest BCUT2D eigenvalue weighted by Gasteiger charge is 2.01. The second kappa shape index (κ2) is 5.54. The number of pyridine rings is 1. The smallest absolute Gasteiger partial charge is 0.153 e. The van der Waals surface area contributed by atoms with Crippen molar-refractivity contribution in [2.45, 2.75) is 6.92 Å². The van der Waals surface area contributed by atoms with Crippen molar-refractivity contribution in [1.29, 1.82) is 0 Å². The Balaban J connectivity index is 2.80. The van der Waals surface area contributed by atoms with Gasteiger partial charge in [-0.05, 0) is 28.9 Å². The van der Waals surface area contributed by atoms with Crippen molar-refractivity contribution in [1.82, 2.24) is 4.98 Å². The molecule has 1 N–H and O–H groups in total. The molecule has 0 unspecified atom stereocenters. The zero-order chi connectivity index (χ0) is 10.4. The molecule has 3 nitrogen and oxygen atoms in total. The third-order valence-electron chi connectivity index (χ3n) is 1.63. The molecule has 0 saturated carbocycles. The van der Waals surface area contributed by atoms with Crippen molar-refractivity contribution in [3.8, 4) is 0 Å². The number of carbonyl (C=O) groups excluding carboxylic acids is 1. The van der Waals surface area contributed by atoms with Gasteiger partial charge in [0.05, 0.1) is 5.56 Å². The van der Waals surface area contributed by atoms with E-state index in [0.717, 1.165) is 10.8 Å². The van der Waals surface area contributed by atoms with Crippen LogP contribution >= 0.6 is 15.9 Å². The van der Waals surface area contributed by atoms with Crippen molar-refractivity contribution in [3.05, 3.63) is 34.5 Å². The minimum atomic E-state index is 0.559. The van der Waals surface area contributed by atoms with E-state index in [1.807, 2.05) is 19.1 Å². The molecule has 1 heterocycles. The Morgan fingerprint density at radius 2 is 2.43 bits per heavy atom. The number of nitrogens with one attached hydrogen (secondary N) is 1. The number of anilines is 1. The van der Waals surface area contributed by atoms with Crippen molar-refractivity contribution < 1.29 is 4.79 Å². The molecule has 0 aliphatic heterocycles. The van der Waals surface area contributed by atoms with Gasteiger partial charge in [0, 0.05) is 17.2 Å². The second-order valence-corrected chi connectivity index (χ2v) is 3.57. The van der Waals surface area contributed by atoms with Gasteiger partial charge in [-0.25, -0.2) is 4.98 Å². The molecule has 0 saturated heterocycles. The van der Waals surface area contributed by atoms with Crippen LogP contribution in [0.15, 0.2) is 28.9 Å². The van der Waals surface area contributed by atoms with Crippen LogP contribution in [0.5, 0.6) is 0 Å². The summed E-state index contributed by atoms with van der Waals surface area (Å²) in [4.78, 5) is 14.8. The first-order chi connectivity index (χ1) is 6.77. The molecule has 0 fully saturated rings. The summed E-state index contributed by atoms with van der Waals surface area (Å²) >= 11 is 3.26. The number of aromatic nitrogens is 1. The first-order valence-corrected chi connectivity index (χ1v) is 5.03. The number of allylic oxidation sites excluding steroid dienone is 1. The zero-order valence-electron chi connectivity index (χ0n) is 7.83. The topological polar surface area (TPSA) is 42.0 Å². The standard InChI is InChI=1S/C10H11BrN2O/c1-2-3-4-12-10-8(7-14)5-9(11)6-13-10/h2-3,5-7H,4H2,1H3,(H,12,13)/b3-2+. The van der Waals surface area contributed by atoms with Gasteiger partial charge >= 0.3 is 0 Å². The average molecular weight is 255 g/mol. The van der Waals surface area contributed by atoms with E-state index in [1.165, 1.54) is 0 Å². The number of nitrogens with zero attached hydrogens (tertiary/aromatic N) is 1. The molecule has 0 bridgehead atoms. The van der Waals surface area contributed by atoms with Gasteiger partial charge in [-0.3, -0.25) is 4.79 Å². The number of hydrogen-bond donors (Lipinski definition) is 1. The minimum Gasteiger partial charge on any atom is -0.366 e. The lowest BCUT2D eigenvalue weighted by molar-refractivity contribution is 0.112. The first-order valence-electron chi connectivity index (χ1n) is 4.23. The molecule has 0 aliphatic carbocycles. The monoisotopic (exact) mass is 254 g/mol. The van der Waals surface area contributed by atoms with E-state index in [0.29, 0.717) is 17.9 Å². The molecule has 0 amide bonds. The van der Waals surface area contributed by atoms with Gasteiger partial charge < -0.3 is 5.32 Å². The summed E-state index contributed by atoms with van der Waals surface area (Å²) in [5.74, 6) is 0.612. The van der Waals surface area contributed by atoms with Crippen molar-refractivity contribution in [2.75, 3.05) is 11.9 Å². The van der Waals surface area contributed by atoms with Crippen LogP contribution in [0.4, 0.5) is 5.82 Å². The van der Waals surface area contributed by atoms with Gasteiger partial charge in [0.1, 0.15) is 5.82 Å². The number of rotatable bonds is 4. The van der Waals surface area contributed by atoms with Crippen molar-refractivity contribution in [2.24, 2.45) is 0 Å². The van der Waals surface area contributed by atoms with E-state index in [2.05, 4.69) is 26.2 Å². The van der Waals surface area contributed by atoms with E-state index in [9.17, 15) is 4.79 Å². The molecule has 74 valence electrons. The van der Waals surface area contributed by atoms with E-state index >= 15 is 0 Å². The summed E-state index contributed by atoms with van der Waals surface area (Å²) in [6.45, 7) is 2.61. The fourth-order valence-electron chi connectivity index (χ4n) is 0.966. The summed E-state index contributed by atoms with van der Waals surface area (Å²) in [5.41, 5.74) is 0.559. The van der Waals surface area contributed by atoms with Crippen molar-refractivity contribution >= 4 is 28.0 Å². The number of aldehydes is 1. The molecule has 0 aliphatic rings. The van der Waals surface area contributed by atoms with Crippen molar-refractivity contribution in [3.63, 3.8) is 0 Å². The molecule has 0 radical (unpaired) electrons. The lowest BCUT2D eigenvalue weighted by Crippen LogP contribution is -2.03. The van der Waals surface area contributed by atoms with Gasteiger partial charge in [0.15, 0.2) is 6.29 Å². The van der Waals surface area contributed by atoms with Crippen LogP contribution in [0.3, 0.4) is 0 Å². The fourth-order valence-corrected chi connectivity index (χ4v) is 1.31. The highest BCUT2D eigenvalue weighted by molar-refractivity contribution is 9.10. The molecule has 0 aromatic carbocycles. The molecular weight excluding hydrogens is 244 g/mol. The van der Waals surface area contributed by atoms with E-state index in [-0.39, 0.29) is 0 Å². The summed E-state index contributed by atoms with van der Waals surface area (Å²) in [5, 5.41) is 3.04. The Labute approximate surface area is 91.4 Å². The van der Waals surface area contributed by atoms with Crippen LogP contribution < -0.4 is 5.32 Å². The SMILES string of the molecule is C/C=C/CNc1ncc(Br)cc1C=O. The van der Waals surface area contributed by atoms with E-state index < -0.39 is 0 Å². The first kappa shape index (κ1) is 10.9. The summed E-state index contributed by atoms with van der Waals surface area (Å²) < 4.78 is 0.802. The predicted molar refractivity (Wildman–Crippen MR) is 60.6 cm³/mol. The molecule has 0 atom stereocenters. The molecule has 1 aromatic heterocycles. The lowest BCUT2D eigenvalue weighted by Gasteiger charge is -2.04. The third kappa shape index (κ3) is 2.96. The van der Waals surface area contributed by atoms with Crippen LogP contribution in [0.2, 0.25) is 0 Å².